The van der Waals surface area contributed by atoms with Crippen molar-refractivity contribution in [3.05, 3.63) is 155 Å². The topological polar surface area (TPSA) is 169 Å². The first-order valence-electron chi connectivity index (χ1n) is 14.9. The van der Waals surface area contributed by atoms with Crippen LogP contribution in [0.5, 0.6) is 0 Å². The van der Waals surface area contributed by atoms with Gasteiger partial charge in [-0.3, -0.25) is 19.2 Å². The molecule has 4 aromatic heterocycles. The van der Waals surface area contributed by atoms with Crippen LogP contribution in [0, 0.1) is 0 Å². The van der Waals surface area contributed by atoms with E-state index in [0.29, 0.717) is 0 Å². The van der Waals surface area contributed by atoms with E-state index in [1.165, 1.54) is 25.1 Å². The second kappa shape index (κ2) is 14.7. The standard InChI is InChI=1S/C36H30N4O8/c41-33(29-5-1-9-45-29)37-19-23-13-24(20-38-34(42)30-6-2-10-46-30)16-27(15-23)28-17-25(21-39-35(43)31-7-3-11-47-31)14-26(18-28)22-40-36(44)32-8-4-12-48-32/h1-18H,19-22H2,(H,37,41)(H,38,42)(H,39,43)(H,40,44). The summed E-state index contributed by atoms with van der Waals surface area (Å²) in [6.07, 6.45) is 5.70. The maximum Gasteiger partial charge on any atom is 0.287 e. The van der Waals surface area contributed by atoms with Crippen LogP contribution >= 0.6 is 0 Å². The van der Waals surface area contributed by atoms with Gasteiger partial charge in [-0.1, -0.05) is 12.1 Å². The van der Waals surface area contributed by atoms with E-state index in [1.54, 1.807) is 48.5 Å². The highest BCUT2D eigenvalue weighted by atomic mass is 16.4. The largest absolute Gasteiger partial charge is 0.459 e. The highest BCUT2D eigenvalue weighted by Gasteiger charge is 2.15. The lowest BCUT2D eigenvalue weighted by molar-refractivity contribution is 0.0915. The van der Waals surface area contributed by atoms with Gasteiger partial charge in [0.05, 0.1) is 25.1 Å². The van der Waals surface area contributed by atoms with Gasteiger partial charge in [0.1, 0.15) is 0 Å². The zero-order valence-corrected chi connectivity index (χ0v) is 25.5. The minimum Gasteiger partial charge on any atom is -0.459 e. The number of carbonyl (C=O) groups is 4. The molecule has 48 heavy (non-hydrogen) atoms. The Balaban J connectivity index is 1.29. The van der Waals surface area contributed by atoms with Gasteiger partial charge in [0.2, 0.25) is 0 Å². The lowest BCUT2D eigenvalue weighted by Crippen LogP contribution is -2.24. The van der Waals surface area contributed by atoms with Gasteiger partial charge in [-0.15, -0.1) is 0 Å². The van der Waals surface area contributed by atoms with E-state index in [2.05, 4.69) is 21.3 Å². The van der Waals surface area contributed by atoms with Crippen molar-refractivity contribution in [2.24, 2.45) is 0 Å². The molecule has 12 nitrogen and oxygen atoms in total. The lowest BCUT2D eigenvalue weighted by Gasteiger charge is -2.15. The summed E-state index contributed by atoms with van der Waals surface area (Å²) in [6, 6.07) is 24.3. The van der Waals surface area contributed by atoms with Crippen LogP contribution in [0.15, 0.2) is 128 Å². The molecule has 0 saturated heterocycles. The van der Waals surface area contributed by atoms with Crippen molar-refractivity contribution in [2.45, 2.75) is 26.2 Å². The molecule has 0 unspecified atom stereocenters. The van der Waals surface area contributed by atoms with Crippen molar-refractivity contribution in [3.63, 3.8) is 0 Å². The van der Waals surface area contributed by atoms with E-state index < -0.39 is 0 Å². The molecule has 4 amide bonds. The number of nitrogens with one attached hydrogen (secondary N) is 4. The molecule has 0 atom stereocenters. The van der Waals surface area contributed by atoms with Gasteiger partial charge in [0, 0.05) is 26.2 Å². The summed E-state index contributed by atoms with van der Waals surface area (Å²) in [4.78, 5) is 50.5. The van der Waals surface area contributed by atoms with Crippen molar-refractivity contribution in [1.29, 1.82) is 0 Å². The molecule has 0 aliphatic rings. The van der Waals surface area contributed by atoms with Crippen LogP contribution in [0.25, 0.3) is 11.1 Å². The fourth-order valence-electron chi connectivity index (χ4n) is 4.98. The van der Waals surface area contributed by atoms with E-state index in [4.69, 9.17) is 17.7 Å². The van der Waals surface area contributed by atoms with Gasteiger partial charge in [0.25, 0.3) is 23.6 Å². The third-order valence-electron chi connectivity index (χ3n) is 7.23. The fourth-order valence-corrected chi connectivity index (χ4v) is 4.98. The third-order valence-corrected chi connectivity index (χ3v) is 7.23. The number of carbonyl (C=O) groups excluding carboxylic acids is 4. The number of hydrogen-bond acceptors (Lipinski definition) is 8. The number of benzene rings is 2. The Labute approximate surface area is 274 Å². The van der Waals surface area contributed by atoms with E-state index in [1.807, 2.05) is 36.4 Å². The maximum atomic E-state index is 12.6. The third kappa shape index (κ3) is 7.98. The van der Waals surface area contributed by atoms with E-state index >= 15 is 0 Å². The number of furan rings is 4. The molecule has 242 valence electrons. The first-order chi connectivity index (χ1) is 23.4. The maximum absolute atomic E-state index is 12.6. The smallest absolute Gasteiger partial charge is 0.287 e. The summed E-state index contributed by atoms with van der Waals surface area (Å²) in [5.41, 5.74) is 4.61. The molecule has 0 saturated carbocycles. The molecule has 4 heterocycles. The summed E-state index contributed by atoms with van der Waals surface area (Å²) in [7, 11) is 0. The summed E-state index contributed by atoms with van der Waals surface area (Å²) in [5, 5.41) is 11.4. The molecule has 6 aromatic rings. The summed E-state index contributed by atoms with van der Waals surface area (Å²) < 4.78 is 20.9. The van der Waals surface area contributed by atoms with Crippen LogP contribution in [-0.2, 0) is 26.2 Å². The van der Waals surface area contributed by atoms with Crippen molar-refractivity contribution in [3.8, 4) is 11.1 Å². The lowest BCUT2D eigenvalue weighted by atomic mass is 9.96. The first-order valence-corrected chi connectivity index (χ1v) is 14.9. The second-order valence-corrected chi connectivity index (χ2v) is 10.7. The van der Waals surface area contributed by atoms with Gasteiger partial charge in [0.15, 0.2) is 23.0 Å². The van der Waals surface area contributed by atoms with Crippen LogP contribution in [-0.4, -0.2) is 23.6 Å². The molecular weight excluding hydrogens is 616 g/mol. The zero-order valence-electron chi connectivity index (χ0n) is 25.5. The number of rotatable bonds is 13. The minimum absolute atomic E-state index is 0.178. The SMILES string of the molecule is O=C(NCc1cc(CNC(=O)c2ccco2)cc(-c2cc(CNC(=O)c3ccco3)cc(CNC(=O)c3ccco3)c2)c1)c1ccco1. The Morgan fingerprint density at radius 1 is 0.396 bits per heavy atom. The van der Waals surface area contributed by atoms with Gasteiger partial charge in [-0.2, -0.15) is 0 Å². The molecule has 6 rings (SSSR count). The summed E-state index contributed by atoms with van der Waals surface area (Å²) >= 11 is 0. The average molecular weight is 647 g/mol. The van der Waals surface area contributed by atoms with Crippen molar-refractivity contribution >= 4 is 23.6 Å². The highest BCUT2D eigenvalue weighted by molar-refractivity contribution is 5.92. The van der Waals surface area contributed by atoms with Crippen LogP contribution in [0.4, 0.5) is 0 Å². The molecule has 12 heteroatoms. The van der Waals surface area contributed by atoms with E-state index in [-0.39, 0.29) is 72.8 Å². The van der Waals surface area contributed by atoms with E-state index in [9.17, 15) is 19.2 Å². The predicted molar refractivity (Wildman–Crippen MR) is 171 cm³/mol. The quantitative estimate of drug-likeness (QED) is 0.129. The first kappa shape index (κ1) is 31.4. The normalized spacial score (nSPS) is 10.8. The number of amides is 4. The van der Waals surface area contributed by atoms with Crippen LogP contribution in [0.1, 0.15) is 64.5 Å². The van der Waals surface area contributed by atoms with Crippen LogP contribution < -0.4 is 21.3 Å². The minimum atomic E-state index is -0.373. The Morgan fingerprint density at radius 2 is 0.646 bits per heavy atom. The van der Waals surface area contributed by atoms with Crippen molar-refractivity contribution in [2.75, 3.05) is 0 Å². The number of hydrogen-bond donors (Lipinski definition) is 4. The fraction of sp³-hybridized carbons (Fsp3) is 0.111. The predicted octanol–water partition coefficient (Wildman–Crippen LogP) is 5.45. The Morgan fingerprint density at radius 3 is 0.854 bits per heavy atom. The molecule has 4 N–H and O–H groups in total. The van der Waals surface area contributed by atoms with Crippen molar-refractivity contribution < 1.29 is 36.8 Å². The van der Waals surface area contributed by atoms with E-state index in [0.717, 1.165) is 33.4 Å². The average Bonchev–Trinajstić information content (AvgIpc) is 3.95. The molecular formula is C36H30N4O8. The monoisotopic (exact) mass is 646 g/mol. The Bertz CT molecular complexity index is 1710. The highest BCUT2D eigenvalue weighted by Crippen LogP contribution is 2.26. The molecule has 0 radical (unpaired) electrons. The summed E-state index contributed by atoms with van der Waals surface area (Å²) in [5.74, 6) is -0.761. The molecule has 0 fully saturated rings. The van der Waals surface area contributed by atoms with Gasteiger partial charge >= 0.3 is 0 Å². The van der Waals surface area contributed by atoms with Gasteiger partial charge in [-0.25, -0.2) is 0 Å². The second-order valence-electron chi connectivity index (χ2n) is 10.7. The van der Waals surface area contributed by atoms with Crippen LogP contribution in [0.3, 0.4) is 0 Å². The molecule has 2 aromatic carbocycles. The van der Waals surface area contributed by atoms with Gasteiger partial charge in [-0.05, 0) is 106 Å². The van der Waals surface area contributed by atoms with Gasteiger partial charge < -0.3 is 38.9 Å². The van der Waals surface area contributed by atoms with Crippen molar-refractivity contribution in [1.82, 2.24) is 21.3 Å². The Kier molecular flexibility index (Phi) is 9.62. The summed E-state index contributed by atoms with van der Waals surface area (Å²) in [6.45, 7) is 0.712. The Hall–Kier alpha value is -6.56. The molecule has 0 aliphatic heterocycles. The molecule has 0 aliphatic carbocycles. The zero-order chi connectivity index (χ0) is 33.3. The molecule has 0 spiro atoms. The molecule has 0 bridgehead atoms. The van der Waals surface area contributed by atoms with Crippen LogP contribution in [0.2, 0.25) is 0 Å².